The van der Waals surface area contributed by atoms with Crippen LogP contribution >= 0.6 is 0 Å². The molecule has 2 aromatic carbocycles. The Hall–Kier alpha value is -6.74. The van der Waals surface area contributed by atoms with E-state index in [4.69, 9.17) is 27.5 Å². The number of halogens is 2. The van der Waals surface area contributed by atoms with Crippen molar-refractivity contribution in [3.8, 4) is 24.7 Å². The fourth-order valence-corrected chi connectivity index (χ4v) is 6.45. The van der Waals surface area contributed by atoms with Crippen molar-refractivity contribution in [3.63, 3.8) is 0 Å². The first kappa shape index (κ1) is 35.7. The lowest BCUT2D eigenvalue weighted by Gasteiger charge is -2.12. The van der Waals surface area contributed by atoms with Crippen LogP contribution in [0.25, 0.3) is 22.1 Å². The number of aryl methyl sites for hydroxylation is 2. The minimum Gasteiger partial charge on any atom is -0.339 e. The number of hydrogen-bond donors (Lipinski definition) is 4. The Morgan fingerprint density at radius 1 is 0.833 bits per heavy atom. The second-order valence-electron chi connectivity index (χ2n) is 12.7. The van der Waals surface area contributed by atoms with Gasteiger partial charge in [0, 0.05) is 53.8 Å². The standard InChI is InChI=1S/C40H34F2N8O4/c1-6-22-11-14-31(28(41)18-22)45-37-33(25-10-9-17-43-35(25)49(37)4)40(52)48-54-21-24-20-27(24)30-16-13-26-34(39(51)47-53-8-3)38(50(5)36(26)44-30)46-32-15-12-23(7-2)19-29(32)42/h1-2,9-19,24,27,45-46H,8,20-21H2,3-5H3,(H,47,51)(H,48,52). The molecule has 4 heterocycles. The molecule has 4 aromatic heterocycles. The predicted molar refractivity (Wildman–Crippen MR) is 200 cm³/mol. The van der Waals surface area contributed by atoms with E-state index >= 15 is 0 Å². The van der Waals surface area contributed by atoms with E-state index in [0.29, 0.717) is 44.8 Å². The van der Waals surface area contributed by atoms with Crippen LogP contribution in [-0.4, -0.2) is 44.1 Å². The molecule has 6 aromatic rings. The van der Waals surface area contributed by atoms with Crippen LogP contribution in [0.15, 0.2) is 66.9 Å². The van der Waals surface area contributed by atoms with Crippen molar-refractivity contribution in [2.75, 3.05) is 23.8 Å². The number of carbonyl (C=O) groups is 2. The molecule has 54 heavy (non-hydrogen) atoms. The smallest absolute Gasteiger partial charge is 0.279 e. The van der Waals surface area contributed by atoms with Crippen LogP contribution in [0.3, 0.4) is 0 Å². The zero-order valence-corrected chi connectivity index (χ0v) is 29.5. The summed E-state index contributed by atoms with van der Waals surface area (Å²) in [6.45, 7) is 2.17. The van der Waals surface area contributed by atoms with Gasteiger partial charge in [-0.15, -0.1) is 12.8 Å². The summed E-state index contributed by atoms with van der Waals surface area (Å²) in [7, 11) is 3.44. The lowest BCUT2D eigenvalue weighted by Crippen LogP contribution is -2.25. The van der Waals surface area contributed by atoms with Crippen molar-refractivity contribution in [3.05, 3.63) is 106 Å². The molecule has 4 N–H and O–H groups in total. The molecular weight excluding hydrogens is 694 g/mol. The summed E-state index contributed by atoms with van der Waals surface area (Å²) in [5, 5.41) is 7.14. The molecule has 0 aliphatic heterocycles. The molecule has 0 spiro atoms. The van der Waals surface area contributed by atoms with E-state index in [2.05, 4.69) is 38.4 Å². The zero-order valence-electron chi connectivity index (χ0n) is 29.5. The minimum absolute atomic E-state index is 0.0139. The molecule has 12 nitrogen and oxygen atoms in total. The van der Waals surface area contributed by atoms with Gasteiger partial charge in [-0.05, 0) is 79.9 Å². The summed E-state index contributed by atoms with van der Waals surface area (Å²) in [6.07, 6.45) is 13.2. The molecule has 0 radical (unpaired) electrons. The maximum absolute atomic E-state index is 15.0. The van der Waals surface area contributed by atoms with Gasteiger partial charge in [-0.25, -0.2) is 29.7 Å². The number of carbonyl (C=O) groups excluding carboxylic acids is 2. The number of aromatic nitrogens is 4. The van der Waals surface area contributed by atoms with Crippen molar-refractivity contribution in [1.29, 1.82) is 0 Å². The molecule has 7 rings (SSSR count). The average Bonchev–Trinajstić information content (AvgIpc) is 3.83. The van der Waals surface area contributed by atoms with E-state index in [0.717, 1.165) is 12.1 Å². The first-order chi connectivity index (χ1) is 26.1. The number of amides is 2. The van der Waals surface area contributed by atoms with Gasteiger partial charge in [0.25, 0.3) is 11.8 Å². The van der Waals surface area contributed by atoms with Crippen LogP contribution < -0.4 is 21.6 Å². The SMILES string of the molecule is C#Cc1ccc(Nc2c(C(=O)NOCC3CC3c3ccc4c(C(=O)NOCC)c(Nc5ccc(C#C)cc5F)n(C)c4n3)c3cccnc3n2C)c(F)c1. The van der Waals surface area contributed by atoms with Crippen LogP contribution in [0.2, 0.25) is 0 Å². The number of anilines is 4. The largest absolute Gasteiger partial charge is 0.339 e. The van der Waals surface area contributed by atoms with E-state index in [1.54, 1.807) is 66.7 Å². The number of nitrogens with one attached hydrogen (secondary N) is 4. The van der Waals surface area contributed by atoms with Gasteiger partial charge < -0.3 is 19.8 Å². The molecule has 272 valence electrons. The molecule has 1 saturated carbocycles. The van der Waals surface area contributed by atoms with Gasteiger partial charge in [-0.1, -0.05) is 11.8 Å². The number of fused-ring (bicyclic) bond motifs is 2. The highest BCUT2D eigenvalue weighted by atomic mass is 19.1. The third-order valence-electron chi connectivity index (χ3n) is 9.31. The minimum atomic E-state index is -0.581. The van der Waals surface area contributed by atoms with Crippen molar-refractivity contribution >= 4 is 56.9 Å². The topological polar surface area (TPSA) is 136 Å². The molecule has 0 bridgehead atoms. The molecule has 1 aliphatic carbocycles. The highest BCUT2D eigenvalue weighted by Gasteiger charge is 2.40. The Morgan fingerprint density at radius 3 is 1.98 bits per heavy atom. The second kappa shape index (κ2) is 14.7. The predicted octanol–water partition coefficient (Wildman–Crippen LogP) is 6.33. The van der Waals surface area contributed by atoms with Crippen LogP contribution in [-0.2, 0) is 23.8 Å². The third kappa shape index (κ3) is 6.67. The Morgan fingerprint density at radius 2 is 1.41 bits per heavy atom. The van der Waals surface area contributed by atoms with Crippen molar-refractivity contribution < 1.29 is 28.0 Å². The summed E-state index contributed by atoms with van der Waals surface area (Å²) < 4.78 is 33.2. The first-order valence-electron chi connectivity index (χ1n) is 17.0. The van der Waals surface area contributed by atoms with E-state index < -0.39 is 23.4 Å². The molecule has 2 amide bonds. The summed E-state index contributed by atoms with van der Waals surface area (Å²) in [6, 6.07) is 15.8. The van der Waals surface area contributed by atoms with Crippen LogP contribution in [0, 0.1) is 42.2 Å². The summed E-state index contributed by atoms with van der Waals surface area (Å²) in [5.74, 6) is 3.26. The molecule has 2 unspecified atom stereocenters. The van der Waals surface area contributed by atoms with Crippen molar-refractivity contribution in [1.82, 2.24) is 30.1 Å². The highest BCUT2D eigenvalue weighted by molar-refractivity contribution is 6.12. The van der Waals surface area contributed by atoms with Gasteiger partial charge in [0.05, 0.1) is 35.7 Å². The van der Waals surface area contributed by atoms with Gasteiger partial charge >= 0.3 is 0 Å². The molecule has 0 saturated heterocycles. The Balaban J connectivity index is 1.08. The number of hydroxylamine groups is 2. The second-order valence-corrected chi connectivity index (χ2v) is 12.7. The number of pyridine rings is 2. The van der Waals surface area contributed by atoms with Gasteiger partial charge in [0.2, 0.25) is 0 Å². The normalized spacial score (nSPS) is 14.7. The third-order valence-corrected chi connectivity index (χ3v) is 9.31. The van der Waals surface area contributed by atoms with Gasteiger partial charge in [0.1, 0.15) is 34.6 Å². The van der Waals surface area contributed by atoms with Gasteiger partial charge in [0.15, 0.2) is 0 Å². The molecule has 2 atom stereocenters. The van der Waals surface area contributed by atoms with E-state index in [1.807, 2.05) is 6.07 Å². The van der Waals surface area contributed by atoms with Crippen LogP contribution in [0.5, 0.6) is 0 Å². The summed E-state index contributed by atoms with van der Waals surface area (Å²) in [4.78, 5) is 47.1. The lowest BCUT2D eigenvalue weighted by atomic mass is 10.1. The molecule has 1 aliphatic rings. The lowest BCUT2D eigenvalue weighted by molar-refractivity contribution is 0.0266. The van der Waals surface area contributed by atoms with Gasteiger partial charge in [-0.3, -0.25) is 19.3 Å². The molecule has 1 fully saturated rings. The fourth-order valence-electron chi connectivity index (χ4n) is 6.45. The fraction of sp³-hybridized carbons (Fsp3) is 0.200. The average molecular weight is 729 g/mol. The van der Waals surface area contributed by atoms with Crippen LogP contribution in [0.4, 0.5) is 31.8 Å². The van der Waals surface area contributed by atoms with E-state index in [-0.39, 0.29) is 47.6 Å². The Labute approximate surface area is 308 Å². The summed E-state index contributed by atoms with van der Waals surface area (Å²) >= 11 is 0. The number of nitrogens with zero attached hydrogens (tertiary/aromatic N) is 4. The Bertz CT molecular complexity index is 2550. The van der Waals surface area contributed by atoms with Crippen molar-refractivity contribution in [2.24, 2.45) is 20.0 Å². The maximum Gasteiger partial charge on any atom is 0.279 e. The first-order valence-corrected chi connectivity index (χ1v) is 17.0. The maximum atomic E-state index is 15.0. The number of benzene rings is 2. The number of rotatable bonds is 12. The summed E-state index contributed by atoms with van der Waals surface area (Å²) in [5.41, 5.74) is 8.22. The molecule has 14 heteroatoms. The Kier molecular flexibility index (Phi) is 9.71. The van der Waals surface area contributed by atoms with Gasteiger partial charge in [-0.2, -0.15) is 0 Å². The quantitative estimate of drug-likeness (QED) is 0.0848. The number of terminal acetylenes is 2. The van der Waals surface area contributed by atoms with Crippen molar-refractivity contribution in [2.45, 2.75) is 19.3 Å². The molecular formula is C40H34F2N8O4. The highest BCUT2D eigenvalue weighted by Crippen LogP contribution is 2.47. The number of hydrogen-bond acceptors (Lipinski definition) is 8. The van der Waals surface area contributed by atoms with E-state index in [1.165, 1.54) is 24.3 Å². The van der Waals surface area contributed by atoms with E-state index in [9.17, 15) is 18.4 Å². The van der Waals surface area contributed by atoms with Crippen LogP contribution in [0.1, 0.15) is 56.8 Å². The monoisotopic (exact) mass is 728 g/mol. The zero-order chi connectivity index (χ0) is 38.1.